The van der Waals surface area contributed by atoms with Crippen molar-refractivity contribution in [2.24, 2.45) is 0 Å². The molecule has 0 spiro atoms. The summed E-state index contributed by atoms with van der Waals surface area (Å²) in [5.41, 5.74) is -0.188. The lowest BCUT2D eigenvalue weighted by Gasteiger charge is -2.15. The van der Waals surface area contributed by atoms with Crippen LogP contribution in [0.2, 0.25) is 0 Å². The Morgan fingerprint density at radius 1 is 1.22 bits per heavy atom. The third-order valence-electron chi connectivity index (χ3n) is 4.35. The summed E-state index contributed by atoms with van der Waals surface area (Å²) in [6.07, 6.45) is -0.231. The molecule has 174 valence electrons. The summed E-state index contributed by atoms with van der Waals surface area (Å²) >= 11 is 0. The Bertz CT molecular complexity index is 1120. The number of nitrogens with one attached hydrogen (secondary N) is 2. The molecule has 2 rings (SSSR count). The van der Waals surface area contributed by atoms with E-state index < -0.39 is 39.7 Å². The summed E-state index contributed by atoms with van der Waals surface area (Å²) in [6, 6.07) is 5.31. The van der Waals surface area contributed by atoms with Crippen LogP contribution in [-0.2, 0) is 27.4 Å². The summed E-state index contributed by atoms with van der Waals surface area (Å²) < 4.78 is 77.3. The van der Waals surface area contributed by atoms with E-state index in [4.69, 9.17) is 0 Å². The van der Waals surface area contributed by atoms with Gasteiger partial charge in [-0.3, -0.25) is 9.52 Å². The predicted octanol–water partition coefficient (Wildman–Crippen LogP) is 4.45. The third kappa shape index (κ3) is 7.33. The van der Waals surface area contributed by atoms with E-state index >= 15 is 0 Å². The minimum Gasteiger partial charge on any atom is -0.346 e. The molecule has 0 saturated carbocycles. The van der Waals surface area contributed by atoms with Crippen molar-refractivity contribution in [1.29, 1.82) is 0 Å². The first kappa shape index (κ1) is 25.3. The number of aryl methyl sites for hydroxylation is 1. The molecule has 0 aliphatic rings. The molecule has 1 heterocycles. The fraction of sp³-hybridized carbons (Fsp3) is 0.333. The first-order chi connectivity index (χ1) is 14.8. The van der Waals surface area contributed by atoms with Gasteiger partial charge in [0, 0.05) is 11.8 Å². The van der Waals surface area contributed by atoms with Gasteiger partial charge in [-0.1, -0.05) is 25.5 Å². The Kier molecular flexibility index (Phi) is 8.00. The molecule has 0 saturated heterocycles. The number of benzene rings is 1. The van der Waals surface area contributed by atoms with Crippen LogP contribution in [0, 0.1) is 5.82 Å². The fourth-order valence-corrected chi connectivity index (χ4v) is 3.42. The van der Waals surface area contributed by atoms with Gasteiger partial charge in [0.05, 0.1) is 18.0 Å². The normalized spacial score (nSPS) is 13.2. The van der Waals surface area contributed by atoms with Crippen LogP contribution in [0.4, 0.5) is 23.2 Å². The number of carbonyl (C=O) groups is 1. The van der Waals surface area contributed by atoms with E-state index in [1.54, 1.807) is 13.8 Å². The fourth-order valence-electron chi connectivity index (χ4n) is 2.85. The van der Waals surface area contributed by atoms with Gasteiger partial charge < -0.3 is 5.32 Å². The lowest BCUT2D eigenvalue weighted by molar-refractivity contribution is -0.141. The molecule has 2 N–H and O–H groups in total. The molecule has 0 fully saturated rings. The van der Waals surface area contributed by atoms with Crippen molar-refractivity contribution in [3.8, 4) is 0 Å². The molecule has 1 amide bonds. The van der Waals surface area contributed by atoms with Gasteiger partial charge in [-0.15, -0.1) is 0 Å². The van der Waals surface area contributed by atoms with Crippen LogP contribution in [0.3, 0.4) is 0 Å². The van der Waals surface area contributed by atoms with E-state index in [0.717, 1.165) is 24.5 Å². The maximum atomic E-state index is 14.1. The first-order valence-corrected chi connectivity index (χ1v) is 11.5. The number of sulfonamides is 1. The zero-order valence-electron chi connectivity index (χ0n) is 17.6. The maximum Gasteiger partial charge on any atom is 0.433 e. The van der Waals surface area contributed by atoms with Crippen molar-refractivity contribution in [2.75, 3.05) is 11.0 Å². The Balaban J connectivity index is 2.12. The van der Waals surface area contributed by atoms with E-state index in [2.05, 4.69) is 10.3 Å². The summed E-state index contributed by atoms with van der Waals surface area (Å²) in [5, 5.41) is 2.62. The van der Waals surface area contributed by atoms with E-state index in [1.165, 1.54) is 24.3 Å². The number of halogens is 4. The summed E-state index contributed by atoms with van der Waals surface area (Å²) in [7, 11) is -3.64. The number of pyridine rings is 1. The van der Waals surface area contributed by atoms with Crippen molar-refractivity contribution in [3.63, 3.8) is 0 Å². The number of rotatable bonds is 8. The van der Waals surface area contributed by atoms with Crippen molar-refractivity contribution in [3.05, 3.63) is 64.7 Å². The molecule has 0 radical (unpaired) electrons. The minimum atomic E-state index is -4.56. The van der Waals surface area contributed by atoms with Gasteiger partial charge in [0.1, 0.15) is 11.5 Å². The van der Waals surface area contributed by atoms with Crippen LogP contribution < -0.4 is 10.0 Å². The zero-order valence-corrected chi connectivity index (χ0v) is 18.4. The smallest absolute Gasteiger partial charge is 0.346 e. The number of amides is 1. The van der Waals surface area contributed by atoms with E-state index in [0.29, 0.717) is 24.0 Å². The van der Waals surface area contributed by atoms with Gasteiger partial charge in [-0.05, 0) is 48.7 Å². The van der Waals surface area contributed by atoms with Gasteiger partial charge in [-0.2, -0.15) is 13.2 Å². The molecule has 1 atom stereocenters. The van der Waals surface area contributed by atoms with Crippen LogP contribution in [0.25, 0.3) is 6.08 Å². The molecule has 6 nitrogen and oxygen atoms in total. The standard InChI is InChI=1S/C21H23F4N3O3S/c1-4-5-17-14(7-10-19(27-17)21(23,24)25)8-11-20(29)26-13(2)15-6-9-18(16(22)12-15)28-32(3,30)31/h6-13,28H,4-5H2,1-3H3,(H,26,29)/t13-/m1/s1. The predicted molar refractivity (Wildman–Crippen MR) is 114 cm³/mol. The number of anilines is 1. The minimum absolute atomic E-state index is 0.215. The summed E-state index contributed by atoms with van der Waals surface area (Å²) in [4.78, 5) is 15.9. The molecule has 0 aliphatic carbocycles. The third-order valence-corrected chi connectivity index (χ3v) is 4.94. The number of nitrogens with zero attached hydrogens (tertiary/aromatic N) is 1. The quantitative estimate of drug-likeness (QED) is 0.438. The lowest BCUT2D eigenvalue weighted by Crippen LogP contribution is -2.24. The summed E-state index contributed by atoms with van der Waals surface area (Å²) in [6.45, 7) is 3.41. The van der Waals surface area contributed by atoms with Gasteiger partial charge in [0.15, 0.2) is 0 Å². The number of carbonyl (C=O) groups excluding carboxylic acids is 1. The largest absolute Gasteiger partial charge is 0.433 e. The highest BCUT2D eigenvalue weighted by Gasteiger charge is 2.32. The van der Waals surface area contributed by atoms with Crippen molar-refractivity contribution in [1.82, 2.24) is 10.3 Å². The van der Waals surface area contributed by atoms with Gasteiger partial charge in [0.2, 0.25) is 15.9 Å². The highest BCUT2D eigenvalue weighted by Crippen LogP contribution is 2.29. The highest BCUT2D eigenvalue weighted by atomic mass is 32.2. The van der Waals surface area contributed by atoms with E-state index in [-0.39, 0.29) is 11.4 Å². The Morgan fingerprint density at radius 2 is 1.91 bits per heavy atom. The summed E-state index contributed by atoms with van der Waals surface area (Å²) in [5.74, 6) is -1.34. The van der Waals surface area contributed by atoms with Gasteiger partial charge >= 0.3 is 6.18 Å². The molecular weight excluding hydrogens is 450 g/mol. The number of aromatic nitrogens is 1. The van der Waals surface area contributed by atoms with Crippen molar-refractivity contribution >= 4 is 27.7 Å². The average Bonchev–Trinajstić information content (AvgIpc) is 2.67. The Labute approximate surface area is 183 Å². The first-order valence-electron chi connectivity index (χ1n) is 9.63. The molecule has 2 aromatic rings. The molecule has 1 aromatic heterocycles. The second kappa shape index (κ2) is 10.1. The molecule has 0 unspecified atom stereocenters. The van der Waals surface area contributed by atoms with Crippen LogP contribution in [0.1, 0.15) is 48.8 Å². The van der Waals surface area contributed by atoms with E-state index in [1.807, 2.05) is 4.72 Å². The molecular formula is C21H23F4N3O3S. The maximum absolute atomic E-state index is 14.1. The zero-order chi connectivity index (χ0) is 24.1. The van der Waals surface area contributed by atoms with Crippen molar-refractivity contribution in [2.45, 2.75) is 38.9 Å². The number of hydrogen-bond acceptors (Lipinski definition) is 4. The lowest BCUT2D eigenvalue weighted by atomic mass is 10.1. The topological polar surface area (TPSA) is 88.2 Å². The Morgan fingerprint density at radius 3 is 2.47 bits per heavy atom. The monoisotopic (exact) mass is 473 g/mol. The van der Waals surface area contributed by atoms with Crippen LogP contribution in [0.15, 0.2) is 36.4 Å². The number of alkyl halides is 3. The average molecular weight is 473 g/mol. The molecule has 11 heteroatoms. The second-order valence-corrected chi connectivity index (χ2v) is 8.91. The molecule has 32 heavy (non-hydrogen) atoms. The van der Waals surface area contributed by atoms with Crippen LogP contribution in [0.5, 0.6) is 0 Å². The molecule has 0 aliphatic heterocycles. The van der Waals surface area contributed by atoms with Crippen molar-refractivity contribution < 1.29 is 30.8 Å². The van der Waals surface area contributed by atoms with Crippen LogP contribution >= 0.6 is 0 Å². The Hall–Kier alpha value is -2.95. The van der Waals surface area contributed by atoms with Crippen LogP contribution in [-0.4, -0.2) is 25.6 Å². The number of hydrogen-bond donors (Lipinski definition) is 2. The van der Waals surface area contributed by atoms with Gasteiger partial charge in [-0.25, -0.2) is 17.8 Å². The SMILES string of the molecule is CCCc1nc(C(F)(F)F)ccc1C=CC(=O)N[C@H](C)c1ccc(NS(C)(=O)=O)c(F)c1. The molecule has 0 bridgehead atoms. The van der Waals surface area contributed by atoms with E-state index in [9.17, 15) is 30.8 Å². The van der Waals surface area contributed by atoms with Gasteiger partial charge in [0.25, 0.3) is 0 Å². The molecule has 1 aromatic carbocycles. The second-order valence-electron chi connectivity index (χ2n) is 7.16. The highest BCUT2D eigenvalue weighted by molar-refractivity contribution is 7.92.